The number of likely N-dealkylation sites (tertiary alicyclic amines) is 1. The molecule has 1 fully saturated rings. The molecule has 0 saturated carbocycles. The molecule has 0 aromatic carbocycles. The van der Waals surface area contributed by atoms with E-state index in [2.05, 4.69) is 11.9 Å². The van der Waals surface area contributed by atoms with E-state index in [1.165, 1.54) is 0 Å². The zero-order chi connectivity index (χ0) is 16.1. The third-order valence-electron chi connectivity index (χ3n) is 4.61. The molecule has 4 nitrogen and oxygen atoms in total. The van der Waals surface area contributed by atoms with Crippen LogP contribution in [0.15, 0.2) is 47.2 Å². The number of carbonyl (C=O) groups excluding carboxylic acids is 1. The third-order valence-corrected chi connectivity index (χ3v) is 4.61. The van der Waals surface area contributed by atoms with E-state index >= 15 is 0 Å². The maximum Gasteiger partial charge on any atom is 0.223 e. The summed E-state index contributed by atoms with van der Waals surface area (Å²) in [5.41, 5.74) is 1.05. The number of rotatable bonds is 5. The number of aromatic nitrogens is 1. The normalized spacial score (nSPS) is 21.3. The van der Waals surface area contributed by atoms with Gasteiger partial charge in [0.25, 0.3) is 0 Å². The van der Waals surface area contributed by atoms with Crippen LogP contribution in [0.2, 0.25) is 0 Å². The van der Waals surface area contributed by atoms with E-state index in [9.17, 15) is 4.79 Å². The van der Waals surface area contributed by atoms with E-state index in [0.29, 0.717) is 12.3 Å². The highest BCUT2D eigenvalue weighted by molar-refractivity contribution is 5.76. The predicted molar refractivity (Wildman–Crippen MR) is 88.7 cm³/mol. The lowest BCUT2D eigenvalue weighted by Crippen LogP contribution is -2.40. The molecule has 3 rings (SSSR count). The third kappa shape index (κ3) is 4.01. The average molecular weight is 312 g/mol. The Morgan fingerprint density at radius 2 is 2.26 bits per heavy atom. The van der Waals surface area contributed by atoms with Crippen LogP contribution in [0.3, 0.4) is 0 Å². The van der Waals surface area contributed by atoms with Crippen molar-refractivity contribution in [3.05, 3.63) is 54.2 Å². The first-order chi connectivity index (χ1) is 11.2. The number of carbonyl (C=O) groups is 1. The maximum absolute atomic E-state index is 12.7. The zero-order valence-electron chi connectivity index (χ0n) is 13.6. The summed E-state index contributed by atoms with van der Waals surface area (Å²) < 4.78 is 5.57. The van der Waals surface area contributed by atoms with E-state index in [4.69, 9.17) is 4.42 Å². The molecule has 0 radical (unpaired) electrons. The second kappa shape index (κ2) is 7.44. The zero-order valence-corrected chi connectivity index (χ0v) is 13.6. The summed E-state index contributed by atoms with van der Waals surface area (Å²) in [6.45, 7) is 3.08. The Bertz CT molecular complexity index is 610. The minimum absolute atomic E-state index is 0.0936. The molecule has 122 valence electrons. The fraction of sp³-hybridized carbons (Fsp3) is 0.474. The van der Waals surface area contributed by atoms with Crippen molar-refractivity contribution in [1.29, 1.82) is 0 Å². The van der Waals surface area contributed by atoms with Crippen LogP contribution in [0.5, 0.6) is 0 Å². The van der Waals surface area contributed by atoms with E-state index < -0.39 is 0 Å². The van der Waals surface area contributed by atoms with Crippen molar-refractivity contribution in [3.8, 4) is 0 Å². The van der Waals surface area contributed by atoms with Crippen molar-refractivity contribution >= 4 is 5.91 Å². The highest BCUT2D eigenvalue weighted by Gasteiger charge is 2.32. The number of amides is 1. The highest BCUT2D eigenvalue weighted by atomic mass is 16.3. The van der Waals surface area contributed by atoms with Gasteiger partial charge in [-0.25, -0.2) is 0 Å². The molecular formula is C19H24N2O2. The summed E-state index contributed by atoms with van der Waals surface area (Å²) in [6.07, 6.45) is 7.81. The molecule has 4 heteroatoms. The highest BCUT2D eigenvalue weighted by Crippen LogP contribution is 2.34. The molecule has 2 aromatic heterocycles. The number of hydrogen-bond acceptors (Lipinski definition) is 3. The molecule has 1 aliphatic rings. The number of piperidine rings is 1. The van der Waals surface area contributed by atoms with Crippen LogP contribution >= 0.6 is 0 Å². The smallest absolute Gasteiger partial charge is 0.223 e. The summed E-state index contributed by atoms with van der Waals surface area (Å²) in [5, 5.41) is 0. The molecule has 0 unspecified atom stereocenters. The Hall–Kier alpha value is -2.10. The molecule has 1 saturated heterocycles. The Morgan fingerprint density at radius 3 is 3.00 bits per heavy atom. The largest absolute Gasteiger partial charge is 0.467 e. The van der Waals surface area contributed by atoms with Crippen LogP contribution in [0.25, 0.3) is 0 Å². The monoisotopic (exact) mass is 312 g/mol. The lowest BCUT2D eigenvalue weighted by atomic mass is 9.90. The van der Waals surface area contributed by atoms with Crippen LogP contribution in [0, 0.1) is 5.92 Å². The van der Waals surface area contributed by atoms with Gasteiger partial charge in [-0.2, -0.15) is 0 Å². The lowest BCUT2D eigenvalue weighted by Gasteiger charge is -2.37. The maximum atomic E-state index is 12.7. The van der Waals surface area contributed by atoms with Gasteiger partial charge < -0.3 is 9.32 Å². The molecule has 0 bridgehead atoms. The van der Waals surface area contributed by atoms with Crippen molar-refractivity contribution in [2.45, 2.75) is 45.1 Å². The van der Waals surface area contributed by atoms with Gasteiger partial charge in [0.2, 0.25) is 5.91 Å². The van der Waals surface area contributed by atoms with Crippen molar-refractivity contribution in [3.63, 3.8) is 0 Å². The fourth-order valence-electron chi connectivity index (χ4n) is 3.30. The van der Waals surface area contributed by atoms with Crippen LogP contribution < -0.4 is 0 Å². The molecule has 0 aliphatic carbocycles. The van der Waals surface area contributed by atoms with Gasteiger partial charge >= 0.3 is 0 Å². The number of pyridine rings is 1. The van der Waals surface area contributed by atoms with E-state index in [1.807, 2.05) is 35.2 Å². The summed E-state index contributed by atoms with van der Waals surface area (Å²) in [5.74, 6) is 1.77. The number of furan rings is 1. The molecule has 3 heterocycles. The average Bonchev–Trinajstić information content (AvgIpc) is 3.10. The summed E-state index contributed by atoms with van der Waals surface area (Å²) in [4.78, 5) is 19.0. The van der Waals surface area contributed by atoms with E-state index in [-0.39, 0.29) is 11.9 Å². The van der Waals surface area contributed by atoms with Crippen LogP contribution in [-0.4, -0.2) is 22.3 Å². The number of nitrogens with zero attached hydrogens (tertiary/aromatic N) is 2. The minimum Gasteiger partial charge on any atom is -0.467 e. The second-order valence-corrected chi connectivity index (χ2v) is 6.42. The first-order valence-corrected chi connectivity index (χ1v) is 8.47. The van der Waals surface area contributed by atoms with E-state index in [1.54, 1.807) is 12.5 Å². The van der Waals surface area contributed by atoms with Gasteiger partial charge in [0.1, 0.15) is 5.76 Å². The molecule has 1 amide bonds. The van der Waals surface area contributed by atoms with Crippen molar-refractivity contribution in [2.24, 2.45) is 5.92 Å². The predicted octanol–water partition coefficient (Wildman–Crippen LogP) is 4.00. The van der Waals surface area contributed by atoms with Gasteiger partial charge in [0, 0.05) is 24.9 Å². The Kier molecular flexibility index (Phi) is 5.11. The Morgan fingerprint density at radius 1 is 1.35 bits per heavy atom. The standard InChI is InChI=1S/C19H24N2O2/c1-15-10-12-21(17(14-15)18-8-5-13-23-18)19(22)9-4-7-16-6-2-3-11-20-16/h2-3,5-6,8,11,13,15,17H,4,7,9-10,12,14H2,1H3/t15-,17-/m0/s1. The lowest BCUT2D eigenvalue weighted by molar-refractivity contribution is -0.136. The molecular weight excluding hydrogens is 288 g/mol. The van der Waals surface area contributed by atoms with Crippen LogP contribution in [-0.2, 0) is 11.2 Å². The van der Waals surface area contributed by atoms with Gasteiger partial charge in [-0.3, -0.25) is 9.78 Å². The summed E-state index contributed by atoms with van der Waals surface area (Å²) >= 11 is 0. The molecule has 2 atom stereocenters. The van der Waals surface area contributed by atoms with Gasteiger partial charge in [0.05, 0.1) is 12.3 Å². The van der Waals surface area contributed by atoms with Gasteiger partial charge in [-0.1, -0.05) is 13.0 Å². The van der Waals surface area contributed by atoms with Crippen molar-refractivity contribution in [1.82, 2.24) is 9.88 Å². The Labute approximate surface area is 137 Å². The quantitative estimate of drug-likeness (QED) is 0.838. The van der Waals surface area contributed by atoms with Gasteiger partial charge in [-0.15, -0.1) is 0 Å². The van der Waals surface area contributed by atoms with E-state index in [0.717, 1.165) is 43.7 Å². The molecule has 1 aliphatic heterocycles. The van der Waals surface area contributed by atoms with Crippen molar-refractivity contribution < 1.29 is 9.21 Å². The van der Waals surface area contributed by atoms with Crippen LogP contribution in [0.4, 0.5) is 0 Å². The topological polar surface area (TPSA) is 46.3 Å². The molecule has 0 spiro atoms. The Balaban J connectivity index is 1.58. The van der Waals surface area contributed by atoms with Gasteiger partial charge in [-0.05, 0) is 55.9 Å². The number of aryl methyl sites for hydroxylation is 1. The molecule has 0 N–H and O–H groups in total. The first kappa shape index (κ1) is 15.8. The SMILES string of the molecule is C[C@H]1CCN(C(=O)CCCc2ccccn2)[C@H](c2ccco2)C1. The summed E-state index contributed by atoms with van der Waals surface area (Å²) in [7, 11) is 0. The second-order valence-electron chi connectivity index (χ2n) is 6.42. The fourth-order valence-corrected chi connectivity index (χ4v) is 3.30. The van der Waals surface area contributed by atoms with Gasteiger partial charge in [0.15, 0.2) is 0 Å². The summed E-state index contributed by atoms with van der Waals surface area (Å²) in [6, 6.07) is 9.89. The molecule has 2 aromatic rings. The van der Waals surface area contributed by atoms with Crippen molar-refractivity contribution in [2.75, 3.05) is 6.54 Å². The first-order valence-electron chi connectivity index (χ1n) is 8.47. The minimum atomic E-state index is 0.0936. The number of hydrogen-bond donors (Lipinski definition) is 0. The molecule has 23 heavy (non-hydrogen) atoms. The van der Waals surface area contributed by atoms with Crippen LogP contribution in [0.1, 0.15) is 50.1 Å².